The Morgan fingerprint density at radius 1 is 1.12 bits per heavy atom. The minimum absolute atomic E-state index is 0.407. The van der Waals surface area contributed by atoms with Crippen molar-refractivity contribution in [3.8, 4) is 22.2 Å². The topological polar surface area (TPSA) is 47.1 Å². The van der Waals surface area contributed by atoms with Gasteiger partial charge in [0.1, 0.15) is 10.7 Å². The van der Waals surface area contributed by atoms with E-state index in [1.165, 1.54) is 19.3 Å². The molecule has 0 N–H and O–H groups in total. The second kappa shape index (κ2) is 6.96. The van der Waals surface area contributed by atoms with Gasteiger partial charge >= 0.3 is 0 Å². The van der Waals surface area contributed by atoms with E-state index in [1.54, 1.807) is 16.0 Å². The molecule has 0 aliphatic carbocycles. The van der Waals surface area contributed by atoms with Gasteiger partial charge in [-0.15, -0.1) is 16.4 Å². The zero-order valence-corrected chi connectivity index (χ0v) is 14.9. The van der Waals surface area contributed by atoms with Crippen molar-refractivity contribution in [1.29, 1.82) is 0 Å². The monoisotopic (exact) mass is 358 g/mol. The maximum Gasteiger partial charge on any atom is 0.288 e. The van der Waals surface area contributed by atoms with Crippen molar-refractivity contribution in [2.75, 3.05) is 13.1 Å². The summed E-state index contributed by atoms with van der Waals surface area (Å²) >= 11 is 6.91. The predicted molar refractivity (Wildman–Crippen MR) is 97.3 cm³/mol. The Balaban J connectivity index is 1.56. The number of hydrogen-bond donors (Lipinski definition) is 0. The summed E-state index contributed by atoms with van der Waals surface area (Å²) in [7, 11) is 0. The molecule has 3 aromatic rings. The van der Waals surface area contributed by atoms with Crippen LogP contribution in [-0.2, 0) is 6.67 Å². The van der Waals surface area contributed by atoms with Gasteiger partial charge in [-0.05, 0) is 38.1 Å². The maximum absolute atomic E-state index is 5.68. The number of piperidine rings is 1. The minimum Gasteiger partial charge on any atom is -0.408 e. The van der Waals surface area contributed by atoms with Crippen molar-refractivity contribution in [2.24, 2.45) is 0 Å². The minimum atomic E-state index is 0.407. The van der Waals surface area contributed by atoms with Gasteiger partial charge < -0.3 is 4.42 Å². The highest BCUT2D eigenvalue weighted by Gasteiger charge is 2.16. The number of benzene rings is 1. The Hall–Kier alpha value is -1.83. The third-order valence-corrected chi connectivity index (χ3v) is 5.32. The van der Waals surface area contributed by atoms with Crippen molar-refractivity contribution >= 4 is 23.6 Å². The van der Waals surface area contributed by atoms with Crippen molar-refractivity contribution in [3.05, 3.63) is 40.5 Å². The molecule has 5 nitrogen and oxygen atoms in total. The Labute approximate surface area is 149 Å². The lowest BCUT2D eigenvalue weighted by atomic mass is 10.1. The van der Waals surface area contributed by atoms with E-state index in [4.69, 9.17) is 16.6 Å². The summed E-state index contributed by atoms with van der Waals surface area (Å²) in [5.41, 5.74) is 1.84. The first kappa shape index (κ1) is 15.7. The summed E-state index contributed by atoms with van der Waals surface area (Å²) < 4.78 is 7.44. The summed E-state index contributed by atoms with van der Waals surface area (Å²) in [6.45, 7) is 2.88. The van der Waals surface area contributed by atoms with Gasteiger partial charge in [0, 0.05) is 10.9 Å². The average molecular weight is 358 g/mol. The molecule has 3 heterocycles. The lowest BCUT2D eigenvalue weighted by Gasteiger charge is -2.25. The maximum atomic E-state index is 5.68. The summed E-state index contributed by atoms with van der Waals surface area (Å²) in [5, 5.41) is 7.45. The summed E-state index contributed by atoms with van der Waals surface area (Å²) in [4.78, 5) is 7.41. The second-order valence-electron chi connectivity index (χ2n) is 5.90. The predicted octanol–water partition coefficient (Wildman–Crippen LogP) is 4.44. The molecule has 1 fully saturated rings. The standard InChI is InChI=1S/C17H18N4OS2/c23-17-21(12-20-9-5-2-6-10-20)19-15(22-17)14-11-24-16(18-14)13-7-3-1-4-8-13/h1,3-4,7-8,11H,2,5-6,9-10,12H2. The molecule has 2 aromatic heterocycles. The third-order valence-electron chi connectivity index (χ3n) is 4.13. The van der Waals surface area contributed by atoms with Crippen LogP contribution in [0.4, 0.5) is 0 Å². The first-order chi connectivity index (χ1) is 11.8. The third kappa shape index (κ3) is 3.33. The highest BCUT2D eigenvalue weighted by Crippen LogP contribution is 2.28. The van der Waals surface area contributed by atoms with E-state index in [2.05, 4.69) is 15.0 Å². The van der Waals surface area contributed by atoms with Crippen LogP contribution < -0.4 is 0 Å². The Bertz CT molecular complexity index is 862. The van der Waals surface area contributed by atoms with E-state index < -0.39 is 0 Å². The molecule has 0 radical (unpaired) electrons. The van der Waals surface area contributed by atoms with Gasteiger partial charge in [-0.1, -0.05) is 36.8 Å². The average Bonchev–Trinajstić information content (AvgIpc) is 3.24. The molecule has 0 saturated carbocycles. The molecule has 24 heavy (non-hydrogen) atoms. The number of aromatic nitrogens is 3. The van der Waals surface area contributed by atoms with Crippen LogP contribution in [-0.4, -0.2) is 32.8 Å². The highest BCUT2D eigenvalue weighted by atomic mass is 32.1. The van der Waals surface area contributed by atoms with Gasteiger partial charge in [0.25, 0.3) is 10.7 Å². The van der Waals surface area contributed by atoms with Crippen LogP contribution in [0.1, 0.15) is 19.3 Å². The van der Waals surface area contributed by atoms with E-state index in [0.29, 0.717) is 17.4 Å². The molecule has 0 amide bonds. The van der Waals surface area contributed by atoms with Crippen molar-refractivity contribution in [1.82, 2.24) is 19.7 Å². The normalized spacial score (nSPS) is 15.7. The van der Waals surface area contributed by atoms with Crippen LogP contribution in [0.3, 0.4) is 0 Å². The molecule has 1 aromatic carbocycles. The van der Waals surface area contributed by atoms with Crippen LogP contribution in [0.25, 0.3) is 22.2 Å². The van der Waals surface area contributed by atoms with E-state index in [-0.39, 0.29) is 0 Å². The molecule has 1 aliphatic heterocycles. The molecule has 4 rings (SSSR count). The van der Waals surface area contributed by atoms with Crippen LogP contribution in [0.5, 0.6) is 0 Å². The van der Waals surface area contributed by atoms with Gasteiger partial charge in [-0.25, -0.2) is 9.67 Å². The Kier molecular flexibility index (Phi) is 4.55. The molecular formula is C17H18N4OS2. The zero-order chi connectivity index (χ0) is 16.4. The number of likely N-dealkylation sites (tertiary alicyclic amines) is 1. The van der Waals surface area contributed by atoms with Crippen molar-refractivity contribution in [2.45, 2.75) is 25.9 Å². The van der Waals surface area contributed by atoms with Crippen LogP contribution in [0.15, 0.2) is 40.1 Å². The quantitative estimate of drug-likeness (QED) is 0.645. The van der Waals surface area contributed by atoms with Gasteiger partial charge in [0.15, 0.2) is 0 Å². The molecular weight excluding hydrogens is 340 g/mol. The van der Waals surface area contributed by atoms with E-state index in [9.17, 15) is 0 Å². The zero-order valence-electron chi connectivity index (χ0n) is 13.2. The van der Waals surface area contributed by atoms with Gasteiger partial charge in [-0.3, -0.25) is 4.90 Å². The SMILES string of the molecule is S=c1oc(-c2csc(-c3ccccc3)n2)nn1CN1CCCCC1. The van der Waals surface area contributed by atoms with E-state index in [0.717, 1.165) is 29.4 Å². The summed E-state index contributed by atoms with van der Waals surface area (Å²) in [5.74, 6) is 0.496. The molecule has 0 spiro atoms. The molecule has 1 saturated heterocycles. The van der Waals surface area contributed by atoms with Gasteiger partial charge in [0.05, 0.1) is 6.67 Å². The molecule has 7 heteroatoms. The lowest BCUT2D eigenvalue weighted by molar-refractivity contribution is 0.170. The van der Waals surface area contributed by atoms with Crippen molar-refractivity contribution in [3.63, 3.8) is 0 Å². The first-order valence-corrected chi connectivity index (χ1v) is 9.40. The number of thiazole rings is 1. The number of nitrogens with zero attached hydrogens (tertiary/aromatic N) is 4. The molecule has 0 atom stereocenters. The number of rotatable bonds is 4. The Morgan fingerprint density at radius 3 is 2.71 bits per heavy atom. The number of hydrogen-bond acceptors (Lipinski definition) is 6. The van der Waals surface area contributed by atoms with Crippen LogP contribution in [0, 0.1) is 4.84 Å². The lowest BCUT2D eigenvalue weighted by Crippen LogP contribution is -2.32. The fourth-order valence-corrected chi connectivity index (χ4v) is 3.85. The molecule has 0 unspecified atom stereocenters. The van der Waals surface area contributed by atoms with E-state index >= 15 is 0 Å². The fraction of sp³-hybridized carbons (Fsp3) is 0.353. The summed E-state index contributed by atoms with van der Waals surface area (Å²) in [6, 6.07) is 10.1. The molecule has 124 valence electrons. The largest absolute Gasteiger partial charge is 0.408 e. The molecule has 1 aliphatic rings. The van der Waals surface area contributed by atoms with Crippen LogP contribution in [0.2, 0.25) is 0 Å². The highest BCUT2D eigenvalue weighted by molar-refractivity contribution is 7.71. The smallest absolute Gasteiger partial charge is 0.288 e. The first-order valence-electron chi connectivity index (χ1n) is 8.11. The van der Waals surface area contributed by atoms with Crippen LogP contribution >= 0.6 is 23.6 Å². The second-order valence-corrected chi connectivity index (χ2v) is 7.10. The van der Waals surface area contributed by atoms with Gasteiger partial charge in [-0.2, -0.15) is 0 Å². The summed E-state index contributed by atoms with van der Waals surface area (Å²) in [6.07, 6.45) is 3.79. The fourth-order valence-electron chi connectivity index (χ4n) is 2.87. The van der Waals surface area contributed by atoms with Gasteiger partial charge in [0.2, 0.25) is 0 Å². The van der Waals surface area contributed by atoms with Crippen molar-refractivity contribution < 1.29 is 4.42 Å². The van der Waals surface area contributed by atoms with E-state index in [1.807, 2.05) is 35.7 Å². The Morgan fingerprint density at radius 2 is 1.92 bits per heavy atom. The molecule has 0 bridgehead atoms.